The predicted molar refractivity (Wildman–Crippen MR) is 118 cm³/mol. The van der Waals surface area contributed by atoms with E-state index in [1.54, 1.807) is 24.3 Å². The molecule has 2 aromatic carbocycles. The van der Waals surface area contributed by atoms with E-state index in [1.165, 1.54) is 19.3 Å². The molecule has 30 heavy (non-hydrogen) atoms. The molecule has 0 heterocycles. The molecule has 5 heteroatoms. The van der Waals surface area contributed by atoms with E-state index in [1.807, 2.05) is 30.3 Å². The quantitative estimate of drug-likeness (QED) is 0.687. The van der Waals surface area contributed by atoms with Crippen molar-refractivity contribution in [2.75, 3.05) is 5.32 Å². The average molecular weight is 423 g/mol. The first-order valence-corrected chi connectivity index (χ1v) is 11.3. The summed E-state index contributed by atoms with van der Waals surface area (Å²) in [7, 11) is 0. The minimum Gasteiger partial charge on any atom is -0.340 e. The Labute approximate surface area is 182 Å². The second-order valence-electron chi connectivity index (χ2n) is 9.55. The maximum Gasteiger partial charge on any atom is 0.251 e. The predicted octanol–water partition coefficient (Wildman–Crippen LogP) is 5.29. The summed E-state index contributed by atoms with van der Waals surface area (Å²) in [5.74, 6) is 1.75. The molecule has 2 aromatic rings. The molecule has 2 N–H and O–H groups in total. The molecule has 4 aliphatic carbocycles. The smallest absolute Gasteiger partial charge is 0.251 e. The zero-order valence-corrected chi connectivity index (χ0v) is 17.7. The Bertz CT molecular complexity index is 906. The van der Waals surface area contributed by atoms with Crippen molar-refractivity contribution < 1.29 is 9.59 Å². The highest BCUT2D eigenvalue weighted by atomic mass is 35.5. The van der Waals surface area contributed by atoms with Gasteiger partial charge in [-0.05, 0) is 92.7 Å². The number of hydrogen-bond donors (Lipinski definition) is 2. The highest BCUT2D eigenvalue weighted by molar-refractivity contribution is 6.30. The van der Waals surface area contributed by atoms with Crippen LogP contribution in [0.15, 0.2) is 54.6 Å². The fraction of sp³-hybridized carbons (Fsp3) is 0.440. The molecular weight excluding hydrogens is 396 g/mol. The van der Waals surface area contributed by atoms with Crippen molar-refractivity contribution in [3.05, 3.63) is 65.2 Å². The molecule has 0 spiro atoms. The minimum atomic E-state index is -0.533. The summed E-state index contributed by atoms with van der Waals surface area (Å²) in [5, 5.41) is 6.78. The maximum atomic E-state index is 13.5. The van der Waals surface area contributed by atoms with Crippen molar-refractivity contribution in [1.82, 2.24) is 5.32 Å². The third-order valence-electron chi connectivity index (χ3n) is 7.38. The number of para-hydroxylation sites is 1. The van der Waals surface area contributed by atoms with E-state index in [0.717, 1.165) is 24.9 Å². The van der Waals surface area contributed by atoms with Crippen molar-refractivity contribution in [3.8, 4) is 0 Å². The number of halogens is 1. The SMILES string of the molecule is O=C(NC(C(=O)Nc1ccccc1)C12CC3CC(CC(C3)C1)C2)c1ccc(Cl)cc1. The Hall–Kier alpha value is -2.33. The van der Waals surface area contributed by atoms with Crippen LogP contribution in [0.4, 0.5) is 5.69 Å². The summed E-state index contributed by atoms with van der Waals surface area (Å²) < 4.78 is 0. The molecule has 0 saturated heterocycles. The van der Waals surface area contributed by atoms with E-state index in [0.29, 0.717) is 28.3 Å². The van der Waals surface area contributed by atoms with Crippen molar-refractivity contribution in [2.45, 2.75) is 44.6 Å². The van der Waals surface area contributed by atoms with E-state index in [9.17, 15) is 9.59 Å². The molecular formula is C25H27ClN2O2. The molecule has 1 atom stereocenters. The number of hydrogen-bond acceptors (Lipinski definition) is 2. The number of nitrogens with one attached hydrogen (secondary N) is 2. The Morgan fingerprint density at radius 3 is 2.00 bits per heavy atom. The number of amides is 2. The van der Waals surface area contributed by atoms with E-state index in [2.05, 4.69) is 10.6 Å². The van der Waals surface area contributed by atoms with Gasteiger partial charge in [-0.2, -0.15) is 0 Å². The minimum absolute atomic E-state index is 0.106. The Morgan fingerprint density at radius 1 is 0.867 bits per heavy atom. The summed E-state index contributed by atoms with van der Waals surface area (Å²) in [6.07, 6.45) is 6.97. The van der Waals surface area contributed by atoms with Gasteiger partial charge in [-0.1, -0.05) is 29.8 Å². The highest BCUT2D eigenvalue weighted by Gasteiger charge is 2.56. The lowest BCUT2D eigenvalue weighted by molar-refractivity contribution is -0.129. The molecule has 6 rings (SSSR count). The number of benzene rings is 2. The molecule has 2 amide bonds. The van der Waals surface area contributed by atoms with Crippen LogP contribution in [0.2, 0.25) is 5.02 Å². The largest absolute Gasteiger partial charge is 0.340 e. The zero-order chi connectivity index (χ0) is 20.7. The van der Waals surface area contributed by atoms with Gasteiger partial charge in [0.1, 0.15) is 6.04 Å². The number of anilines is 1. The van der Waals surface area contributed by atoms with Crippen LogP contribution in [-0.2, 0) is 4.79 Å². The van der Waals surface area contributed by atoms with Gasteiger partial charge in [0.15, 0.2) is 0 Å². The summed E-state index contributed by atoms with van der Waals surface area (Å²) in [6, 6.07) is 15.8. The molecule has 4 fully saturated rings. The Balaban J connectivity index is 1.44. The van der Waals surface area contributed by atoms with Crippen LogP contribution < -0.4 is 10.6 Å². The van der Waals surface area contributed by atoms with Crippen LogP contribution in [0.25, 0.3) is 0 Å². The van der Waals surface area contributed by atoms with Crippen LogP contribution >= 0.6 is 11.6 Å². The first-order valence-electron chi connectivity index (χ1n) is 10.9. The Morgan fingerprint density at radius 2 is 1.43 bits per heavy atom. The molecule has 4 nitrogen and oxygen atoms in total. The number of rotatable bonds is 5. The molecule has 4 bridgehead atoms. The lowest BCUT2D eigenvalue weighted by Crippen LogP contribution is -2.61. The van der Waals surface area contributed by atoms with Crippen molar-refractivity contribution >= 4 is 29.1 Å². The van der Waals surface area contributed by atoms with Gasteiger partial charge >= 0.3 is 0 Å². The van der Waals surface area contributed by atoms with Gasteiger partial charge in [0.05, 0.1) is 0 Å². The van der Waals surface area contributed by atoms with Crippen LogP contribution in [-0.4, -0.2) is 17.9 Å². The first-order chi connectivity index (χ1) is 14.5. The zero-order valence-electron chi connectivity index (χ0n) is 16.9. The molecule has 0 aromatic heterocycles. The van der Waals surface area contributed by atoms with E-state index in [-0.39, 0.29) is 17.2 Å². The highest BCUT2D eigenvalue weighted by Crippen LogP contribution is 2.61. The van der Waals surface area contributed by atoms with Gasteiger partial charge < -0.3 is 10.6 Å². The second kappa shape index (κ2) is 7.73. The lowest BCUT2D eigenvalue weighted by Gasteiger charge is -2.58. The van der Waals surface area contributed by atoms with Crippen LogP contribution in [0, 0.1) is 23.2 Å². The van der Waals surface area contributed by atoms with Gasteiger partial charge in [-0.3, -0.25) is 9.59 Å². The van der Waals surface area contributed by atoms with Gasteiger partial charge in [-0.15, -0.1) is 0 Å². The topological polar surface area (TPSA) is 58.2 Å². The third kappa shape index (κ3) is 3.74. The van der Waals surface area contributed by atoms with E-state index >= 15 is 0 Å². The standard InChI is InChI=1S/C25H27ClN2O2/c26-20-8-6-19(7-9-20)23(29)28-22(24(30)27-21-4-2-1-3-5-21)25-13-16-10-17(14-25)12-18(11-16)15-25/h1-9,16-18,22H,10-15H2,(H,27,30)(H,28,29). The third-order valence-corrected chi connectivity index (χ3v) is 7.64. The summed E-state index contributed by atoms with van der Waals surface area (Å²) >= 11 is 5.98. The molecule has 4 saturated carbocycles. The summed E-state index contributed by atoms with van der Waals surface area (Å²) in [4.78, 5) is 26.6. The van der Waals surface area contributed by atoms with Gasteiger partial charge in [0, 0.05) is 21.7 Å². The Kier molecular flexibility index (Phi) is 5.06. The molecule has 0 radical (unpaired) electrons. The fourth-order valence-electron chi connectivity index (χ4n) is 6.58. The lowest BCUT2D eigenvalue weighted by atomic mass is 9.47. The van der Waals surface area contributed by atoms with Gasteiger partial charge in [0.25, 0.3) is 5.91 Å². The molecule has 1 unspecified atom stereocenters. The monoisotopic (exact) mass is 422 g/mol. The second-order valence-corrected chi connectivity index (χ2v) is 9.99. The van der Waals surface area contributed by atoms with Crippen LogP contribution in [0.3, 0.4) is 0 Å². The van der Waals surface area contributed by atoms with E-state index < -0.39 is 6.04 Å². The normalized spacial score (nSPS) is 30.0. The number of carbonyl (C=O) groups excluding carboxylic acids is 2. The molecule has 156 valence electrons. The summed E-state index contributed by atoms with van der Waals surface area (Å²) in [6.45, 7) is 0. The first kappa shape index (κ1) is 19.6. The van der Waals surface area contributed by atoms with Crippen molar-refractivity contribution in [3.63, 3.8) is 0 Å². The van der Waals surface area contributed by atoms with E-state index in [4.69, 9.17) is 11.6 Å². The van der Waals surface area contributed by atoms with Crippen molar-refractivity contribution in [1.29, 1.82) is 0 Å². The number of carbonyl (C=O) groups is 2. The van der Waals surface area contributed by atoms with Crippen molar-refractivity contribution in [2.24, 2.45) is 23.2 Å². The maximum absolute atomic E-state index is 13.5. The summed E-state index contributed by atoms with van der Waals surface area (Å²) in [5.41, 5.74) is 1.15. The van der Waals surface area contributed by atoms with Crippen LogP contribution in [0.5, 0.6) is 0 Å². The van der Waals surface area contributed by atoms with Gasteiger partial charge in [0.2, 0.25) is 5.91 Å². The fourth-order valence-corrected chi connectivity index (χ4v) is 6.71. The van der Waals surface area contributed by atoms with Crippen LogP contribution in [0.1, 0.15) is 48.9 Å². The van der Waals surface area contributed by atoms with Gasteiger partial charge in [-0.25, -0.2) is 0 Å². The average Bonchev–Trinajstić information content (AvgIpc) is 2.72. The molecule has 4 aliphatic rings. The molecule has 0 aliphatic heterocycles.